The van der Waals surface area contributed by atoms with Crippen LogP contribution in [-0.2, 0) is 65.4 Å². The van der Waals surface area contributed by atoms with Crippen molar-refractivity contribution in [3.8, 4) is 0 Å². The molecule has 0 saturated heterocycles. The van der Waals surface area contributed by atoms with Crippen molar-refractivity contribution in [1.82, 2.24) is 0 Å². The number of aliphatic hydroxyl groups excluding tert-OH is 1. The summed E-state index contributed by atoms with van der Waals surface area (Å²) in [4.78, 5) is 73.2. The predicted octanol–water partition coefficient (Wildman–Crippen LogP) is 25.8. The molecule has 0 aliphatic heterocycles. The van der Waals surface area contributed by atoms with Gasteiger partial charge in [0.1, 0.15) is 19.3 Å². The lowest BCUT2D eigenvalue weighted by atomic mass is 9.99. The molecule has 6 atom stereocenters. The summed E-state index contributed by atoms with van der Waals surface area (Å²) in [6, 6.07) is 0. The van der Waals surface area contributed by atoms with Crippen LogP contribution in [0.5, 0.6) is 0 Å². The zero-order valence-corrected chi connectivity index (χ0v) is 70.1. The highest BCUT2D eigenvalue weighted by Crippen LogP contribution is 2.45. The number of hydrogen-bond donors (Lipinski definition) is 3. The van der Waals surface area contributed by atoms with Gasteiger partial charge in [-0.05, 0) is 37.5 Å². The summed E-state index contributed by atoms with van der Waals surface area (Å²) in [6.45, 7) is 9.62. The van der Waals surface area contributed by atoms with Crippen LogP contribution in [0.1, 0.15) is 452 Å². The van der Waals surface area contributed by atoms with E-state index in [0.29, 0.717) is 31.6 Å². The number of hydrogen-bond acceptors (Lipinski definition) is 15. The summed E-state index contributed by atoms with van der Waals surface area (Å²) in [5.74, 6) is -0.598. The Balaban J connectivity index is 5.22. The summed E-state index contributed by atoms with van der Waals surface area (Å²) < 4.78 is 68.8. The quantitative estimate of drug-likeness (QED) is 0.0222. The van der Waals surface area contributed by atoms with Gasteiger partial charge in [-0.2, -0.15) is 0 Å². The number of aliphatic hydroxyl groups is 1. The minimum atomic E-state index is -4.97. The van der Waals surface area contributed by atoms with E-state index in [1.807, 2.05) is 0 Å². The summed E-state index contributed by atoms with van der Waals surface area (Å²) in [5, 5.41) is 10.7. The van der Waals surface area contributed by atoms with Gasteiger partial charge in [0.25, 0.3) is 0 Å². The Kier molecular flexibility index (Phi) is 75.0. The molecule has 0 amide bonds. The van der Waals surface area contributed by atoms with Crippen LogP contribution in [0.25, 0.3) is 0 Å². The highest BCUT2D eigenvalue weighted by molar-refractivity contribution is 7.47. The average molecular weight is 1520 g/mol. The molecule has 0 rings (SSSR count). The van der Waals surface area contributed by atoms with Crippen molar-refractivity contribution in [2.75, 3.05) is 39.6 Å². The zero-order chi connectivity index (χ0) is 76.4. The van der Waals surface area contributed by atoms with E-state index < -0.39 is 97.5 Å². The molecule has 3 unspecified atom stereocenters. The first kappa shape index (κ1) is 102. The van der Waals surface area contributed by atoms with Crippen molar-refractivity contribution in [2.24, 2.45) is 11.8 Å². The maximum Gasteiger partial charge on any atom is 0.472 e. The first-order valence-electron chi connectivity index (χ1n) is 44.0. The van der Waals surface area contributed by atoms with Crippen molar-refractivity contribution in [3.63, 3.8) is 0 Å². The molecular formula is C85H166O17P2. The number of unbranched alkanes of at least 4 members (excludes halogenated alkanes) is 53. The lowest BCUT2D eigenvalue weighted by molar-refractivity contribution is -0.161. The standard InChI is InChI=1S/C85H166O17P2/c1-7-10-12-14-16-18-20-22-24-26-28-30-32-34-36-38-43-49-55-61-67-82(87)95-73-80(101-84(89)69-63-57-50-44-39-37-35-33-31-29-27-25-23-21-19-17-15-13-11-8-2)75-99-103(91,92)97-71-79(86)72-98-104(93,94)100-76-81(74-96-83(88)68-62-56-52-46-47-53-59-65-77(4)5)102-85(90)70-64-58-51-45-41-40-42-48-54-60-66-78(6)9-3/h77-81,86H,7-76H2,1-6H3,(H,91,92)(H,93,94)/t78?,79-,80-,81-/m1/s1. The predicted molar refractivity (Wildman–Crippen MR) is 428 cm³/mol. The number of phosphoric ester groups is 2. The van der Waals surface area contributed by atoms with E-state index >= 15 is 0 Å². The van der Waals surface area contributed by atoms with Gasteiger partial charge < -0.3 is 33.8 Å². The number of phosphoric acid groups is 2. The Hall–Kier alpha value is -1.94. The van der Waals surface area contributed by atoms with Crippen LogP contribution in [0.15, 0.2) is 0 Å². The second kappa shape index (κ2) is 76.4. The Morgan fingerprint density at radius 3 is 0.731 bits per heavy atom. The lowest BCUT2D eigenvalue weighted by Gasteiger charge is -2.21. The second-order valence-corrected chi connectivity index (χ2v) is 34.2. The maximum atomic E-state index is 13.1. The molecule has 618 valence electrons. The molecular weight excluding hydrogens is 1350 g/mol. The molecule has 3 N–H and O–H groups in total. The third kappa shape index (κ3) is 76.8. The molecule has 0 saturated carbocycles. The average Bonchev–Trinajstić information content (AvgIpc) is 0.922. The molecule has 0 aliphatic rings. The summed E-state index contributed by atoms with van der Waals surface area (Å²) in [6.07, 6.45) is 68.2. The fraction of sp³-hybridized carbons (Fsp3) is 0.953. The van der Waals surface area contributed by atoms with E-state index in [2.05, 4.69) is 41.5 Å². The first-order valence-corrected chi connectivity index (χ1v) is 47.0. The van der Waals surface area contributed by atoms with Crippen LogP contribution in [0.4, 0.5) is 0 Å². The third-order valence-electron chi connectivity index (χ3n) is 20.3. The molecule has 104 heavy (non-hydrogen) atoms. The van der Waals surface area contributed by atoms with E-state index in [-0.39, 0.29) is 25.7 Å². The van der Waals surface area contributed by atoms with E-state index in [4.69, 9.17) is 37.0 Å². The molecule has 0 aliphatic carbocycles. The molecule has 0 aromatic heterocycles. The maximum absolute atomic E-state index is 13.1. The van der Waals surface area contributed by atoms with Gasteiger partial charge in [-0.1, -0.05) is 401 Å². The number of esters is 4. The smallest absolute Gasteiger partial charge is 0.462 e. The topological polar surface area (TPSA) is 237 Å². The number of carbonyl (C=O) groups is 4. The third-order valence-corrected chi connectivity index (χ3v) is 22.2. The minimum Gasteiger partial charge on any atom is -0.462 e. The summed E-state index contributed by atoms with van der Waals surface area (Å²) in [5.41, 5.74) is 0. The second-order valence-electron chi connectivity index (χ2n) is 31.3. The Morgan fingerprint density at radius 2 is 0.490 bits per heavy atom. The van der Waals surface area contributed by atoms with Crippen molar-refractivity contribution in [1.29, 1.82) is 0 Å². The zero-order valence-electron chi connectivity index (χ0n) is 68.3. The van der Waals surface area contributed by atoms with Gasteiger partial charge in [-0.15, -0.1) is 0 Å². The van der Waals surface area contributed by atoms with Gasteiger partial charge in [-0.25, -0.2) is 9.13 Å². The van der Waals surface area contributed by atoms with E-state index in [9.17, 15) is 43.2 Å². The van der Waals surface area contributed by atoms with Gasteiger partial charge in [-0.3, -0.25) is 37.3 Å². The van der Waals surface area contributed by atoms with E-state index in [0.717, 1.165) is 102 Å². The van der Waals surface area contributed by atoms with Crippen LogP contribution in [0.2, 0.25) is 0 Å². The first-order chi connectivity index (χ1) is 50.4. The lowest BCUT2D eigenvalue weighted by Crippen LogP contribution is -2.30. The molecule has 0 heterocycles. The van der Waals surface area contributed by atoms with Crippen LogP contribution in [0.3, 0.4) is 0 Å². The highest BCUT2D eigenvalue weighted by atomic mass is 31.2. The van der Waals surface area contributed by atoms with Gasteiger partial charge in [0.05, 0.1) is 26.4 Å². The normalized spacial score (nSPS) is 14.1. The van der Waals surface area contributed by atoms with Crippen molar-refractivity contribution in [2.45, 2.75) is 471 Å². The largest absolute Gasteiger partial charge is 0.472 e. The monoisotopic (exact) mass is 1520 g/mol. The summed E-state index contributed by atoms with van der Waals surface area (Å²) in [7, 11) is -9.93. The molecule has 0 radical (unpaired) electrons. The molecule has 0 bridgehead atoms. The van der Waals surface area contributed by atoms with Crippen LogP contribution < -0.4 is 0 Å². The fourth-order valence-electron chi connectivity index (χ4n) is 13.2. The van der Waals surface area contributed by atoms with Gasteiger partial charge in [0, 0.05) is 25.7 Å². The number of rotatable bonds is 84. The molecule has 0 aromatic rings. The minimum absolute atomic E-state index is 0.106. The van der Waals surface area contributed by atoms with E-state index in [1.165, 1.54) is 263 Å². The van der Waals surface area contributed by atoms with Gasteiger partial charge >= 0.3 is 39.5 Å². The molecule has 17 nitrogen and oxygen atoms in total. The fourth-order valence-corrected chi connectivity index (χ4v) is 14.8. The SMILES string of the molecule is CCCCCCCCCCCCCCCCCCCCCCC(=O)OC[C@H](COP(=O)(O)OC[C@@H](O)COP(=O)(O)OC[C@@H](COC(=O)CCCCCCCCCC(C)C)OC(=O)CCCCCCCCCCCCC(C)CC)OC(=O)CCCCCCCCCCCCCCCCCCCCCC. The molecule has 0 spiro atoms. The van der Waals surface area contributed by atoms with E-state index in [1.54, 1.807) is 0 Å². The van der Waals surface area contributed by atoms with Crippen molar-refractivity contribution in [3.05, 3.63) is 0 Å². The number of carbonyl (C=O) groups excluding carboxylic acids is 4. The summed E-state index contributed by atoms with van der Waals surface area (Å²) >= 11 is 0. The molecule has 19 heteroatoms. The number of ether oxygens (including phenoxy) is 4. The highest BCUT2D eigenvalue weighted by Gasteiger charge is 2.30. The Bertz CT molecular complexity index is 2000. The Morgan fingerprint density at radius 1 is 0.279 bits per heavy atom. The van der Waals surface area contributed by atoms with Crippen molar-refractivity contribution < 1.29 is 80.2 Å². The van der Waals surface area contributed by atoms with Gasteiger partial charge in [0.2, 0.25) is 0 Å². The molecule has 0 aromatic carbocycles. The van der Waals surface area contributed by atoms with Crippen LogP contribution in [0, 0.1) is 11.8 Å². The Labute approximate surface area is 638 Å². The van der Waals surface area contributed by atoms with Crippen molar-refractivity contribution >= 4 is 39.5 Å². The van der Waals surface area contributed by atoms with Gasteiger partial charge in [0.15, 0.2) is 12.2 Å². The van der Waals surface area contributed by atoms with Crippen LogP contribution in [-0.4, -0.2) is 96.7 Å². The molecule has 0 fully saturated rings. The van der Waals surface area contributed by atoms with Crippen LogP contribution >= 0.6 is 15.6 Å².